The molecule has 0 unspecified atom stereocenters. The largest absolute Gasteiger partial charge is 0.491 e. The summed E-state index contributed by atoms with van der Waals surface area (Å²) in [5.74, 6) is 1.74. The minimum absolute atomic E-state index is 0.253. The molecule has 0 radical (unpaired) electrons. The van der Waals surface area contributed by atoms with Crippen LogP contribution in [0.2, 0.25) is 0 Å². The van der Waals surface area contributed by atoms with Crippen LogP contribution in [0.1, 0.15) is 38.2 Å². The lowest BCUT2D eigenvalue weighted by Crippen LogP contribution is -2.27. The second-order valence-corrected chi connectivity index (χ2v) is 4.73. The van der Waals surface area contributed by atoms with E-state index in [-0.39, 0.29) is 6.10 Å². The highest BCUT2D eigenvalue weighted by atomic mass is 16.5. The highest BCUT2D eigenvalue weighted by Crippen LogP contribution is 2.32. The molecule has 1 aliphatic rings. The Balaban J connectivity index is 2.17. The predicted octanol–water partition coefficient (Wildman–Crippen LogP) is 2.94. The van der Waals surface area contributed by atoms with Crippen LogP contribution in [0.5, 0.6) is 5.75 Å². The molecule has 0 amide bonds. The standard InChI is InChI=1S/C14H21NO/c1-11(2)16-14-6-4-3-5-13(14)12-7-9-15-10-8-12/h3-6,11-12,15H,7-10H2,1-2H3. The van der Waals surface area contributed by atoms with E-state index in [2.05, 4.69) is 43.4 Å². The quantitative estimate of drug-likeness (QED) is 0.844. The van der Waals surface area contributed by atoms with Crippen molar-refractivity contribution < 1.29 is 4.74 Å². The van der Waals surface area contributed by atoms with Gasteiger partial charge in [0.1, 0.15) is 5.75 Å². The second kappa shape index (κ2) is 5.35. The average molecular weight is 219 g/mol. The number of rotatable bonds is 3. The maximum absolute atomic E-state index is 5.88. The summed E-state index contributed by atoms with van der Waals surface area (Å²) in [6.07, 6.45) is 2.69. The van der Waals surface area contributed by atoms with Gasteiger partial charge in [-0.15, -0.1) is 0 Å². The van der Waals surface area contributed by atoms with E-state index in [0.717, 1.165) is 18.8 Å². The fourth-order valence-electron chi connectivity index (χ4n) is 2.31. The zero-order valence-electron chi connectivity index (χ0n) is 10.2. The normalized spacial score (nSPS) is 17.7. The molecule has 1 aliphatic heterocycles. The van der Waals surface area contributed by atoms with Crippen molar-refractivity contribution in [1.82, 2.24) is 5.32 Å². The molecule has 0 spiro atoms. The molecule has 1 N–H and O–H groups in total. The molecule has 1 fully saturated rings. The van der Waals surface area contributed by atoms with Gasteiger partial charge in [-0.05, 0) is 57.3 Å². The lowest BCUT2D eigenvalue weighted by Gasteiger charge is -2.25. The molecule has 88 valence electrons. The van der Waals surface area contributed by atoms with Crippen molar-refractivity contribution in [2.24, 2.45) is 0 Å². The van der Waals surface area contributed by atoms with E-state index in [9.17, 15) is 0 Å². The molecular weight excluding hydrogens is 198 g/mol. The molecule has 1 aromatic rings. The molecule has 0 saturated carbocycles. The lowest BCUT2D eigenvalue weighted by molar-refractivity contribution is 0.237. The smallest absolute Gasteiger partial charge is 0.123 e. The van der Waals surface area contributed by atoms with Gasteiger partial charge in [0.15, 0.2) is 0 Å². The maximum Gasteiger partial charge on any atom is 0.123 e. The maximum atomic E-state index is 5.88. The number of piperidine rings is 1. The van der Waals surface area contributed by atoms with Gasteiger partial charge in [0.25, 0.3) is 0 Å². The fourth-order valence-corrected chi connectivity index (χ4v) is 2.31. The van der Waals surface area contributed by atoms with Crippen molar-refractivity contribution in [3.63, 3.8) is 0 Å². The number of para-hydroxylation sites is 1. The van der Waals surface area contributed by atoms with Crippen molar-refractivity contribution in [1.29, 1.82) is 0 Å². The van der Waals surface area contributed by atoms with Gasteiger partial charge in [-0.2, -0.15) is 0 Å². The number of benzene rings is 1. The Morgan fingerprint density at radius 2 is 1.88 bits per heavy atom. The Labute approximate surface area is 98.0 Å². The first-order valence-electron chi connectivity index (χ1n) is 6.23. The van der Waals surface area contributed by atoms with E-state index >= 15 is 0 Å². The number of hydrogen-bond donors (Lipinski definition) is 1. The molecule has 2 heteroatoms. The molecule has 1 heterocycles. The summed E-state index contributed by atoms with van der Waals surface area (Å²) >= 11 is 0. The van der Waals surface area contributed by atoms with Gasteiger partial charge in [0.2, 0.25) is 0 Å². The minimum atomic E-state index is 0.253. The van der Waals surface area contributed by atoms with Gasteiger partial charge >= 0.3 is 0 Å². The lowest BCUT2D eigenvalue weighted by atomic mass is 9.89. The third-order valence-electron chi connectivity index (χ3n) is 3.06. The van der Waals surface area contributed by atoms with Crippen molar-refractivity contribution in [3.05, 3.63) is 29.8 Å². The van der Waals surface area contributed by atoms with Crippen LogP contribution in [0.25, 0.3) is 0 Å². The Bertz CT molecular complexity index is 329. The second-order valence-electron chi connectivity index (χ2n) is 4.73. The third kappa shape index (κ3) is 2.76. The average Bonchev–Trinajstić information content (AvgIpc) is 2.30. The SMILES string of the molecule is CC(C)Oc1ccccc1C1CCNCC1. The summed E-state index contributed by atoms with van der Waals surface area (Å²) in [4.78, 5) is 0. The minimum Gasteiger partial charge on any atom is -0.491 e. The van der Waals surface area contributed by atoms with E-state index in [4.69, 9.17) is 4.74 Å². The molecule has 0 aliphatic carbocycles. The van der Waals surface area contributed by atoms with E-state index in [1.54, 1.807) is 0 Å². The first-order valence-corrected chi connectivity index (χ1v) is 6.23. The summed E-state index contributed by atoms with van der Waals surface area (Å²) in [6, 6.07) is 8.48. The zero-order valence-corrected chi connectivity index (χ0v) is 10.2. The fraction of sp³-hybridized carbons (Fsp3) is 0.571. The predicted molar refractivity (Wildman–Crippen MR) is 67.1 cm³/mol. The van der Waals surface area contributed by atoms with E-state index in [1.165, 1.54) is 18.4 Å². The van der Waals surface area contributed by atoms with Crippen molar-refractivity contribution in [3.8, 4) is 5.75 Å². The Morgan fingerprint density at radius 1 is 1.19 bits per heavy atom. The van der Waals surface area contributed by atoms with E-state index in [0.29, 0.717) is 5.92 Å². The Hall–Kier alpha value is -1.02. The highest BCUT2D eigenvalue weighted by Gasteiger charge is 2.18. The summed E-state index contributed by atoms with van der Waals surface area (Å²) < 4.78 is 5.88. The van der Waals surface area contributed by atoms with Gasteiger partial charge in [-0.1, -0.05) is 18.2 Å². The Kier molecular flexibility index (Phi) is 3.83. The first kappa shape index (κ1) is 11.5. The summed E-state index contributed by atoms with van der Waals surface area (Å²) in [7, 11) is 0. The molecule has 0 bridgehead atoms. The molecule has 0 aromatic heterocycles. The zero-order chi connectivity index (χ0) is 11.4. The summed E-state index contributed by atoms with van der Waals surface area (Å²) in [6.45, 7) is 6.42. The van der Waals surface area contributed by atoms with Crippen molar-refractivity contribution >= 4 is 0 Å². The van der Waals surface area contributed by atoms with Crippen LogP contribution >= 0.6 is 0 Å². The topological polar surface area (TPSA) is 21.3 Å². The number of hydrogen-bond acceptors (Lipinski definition) is 2. The highest BCUT2D eigenvalue weighted by molar-refractivity contribution is 5.36. The number of ether oxygens (including phenoxy) is 1. The van der Waals surface area contributed by atoms with Gasteiger partial charge in [0.05, 0.1) is 6.10 Å². The molecule has 2 rings (SSSR count). The molecule has 1 saturated heterocycles. The Morgan fingerprint density at radius 3 is 2.56 bits per heavy atom. The molecule has 0 atom stereocenters. The van der Waals surface area contributed by atoms with Crippen LogP contribution in [0.4, 0.5) is 0 Å². The van der Waals surface area contributed by atoms with Gasteiger partial charge < -0.3 is 10.1 Å². The van der Waals surface area contributed by atoms with Crippen LogP contribution in [0.3, 0.4) is 0 Å². The van der Waals surface area contributed by atoms with Crippen molar-refractivity contribution in [2.75, 3.05) is 13.1 Å². The summed E-state index contributed by atoms with van der Waals surface area (Å²) in [5.41, 5.74) is 1.39. The van der Waals surface area contributed by atoms with Crippen LogP contribution in [-0.4, -0.2) is 19.2 Å². The molecule has 16 heavy (non-hydrogen) atoms. The van der Waals surface area contributed by atoms with Crippen LogP contribution in [0, 0.1) is 0 Å². The van der Waals surface area contributed by atoms with Gasteiger partial charge in [0, 0.05) is 0 Å². The molecule has 2 nitrogen and oxygen atoms in total. The van der Waals surface area contributed by atoms with E-state index < -0.39 is 0 Å². The van der Waals surface area contributed by atoms with Gasteiger partial charge in [-0.25, -0.2) is 0 Å². The van der Waals surface area contributed by atoms with Crippen LogP contribution in [-0.2, 0) is 0 Å². The van der Waals surface area contributed by atoms with Crippen molar-refractivity contribution in [2.45, 2.75) is 38.7 Å². The van der Waals surface area contributed by atoms with Crippen LogP contribution < -0.4 is 10.1 Å². The summed E-state index contributed by atoms with van der Waals surface area (Å²) in [5, 5.41) is 3.40. The van der Waals surface area contributed by atoms with Gasteiger partial charge in [-0.3, -0.25) is 0 Å². The monoisotopic (exact) mass is 219 g/mol. The molecular formula is C14H21NO. The third-order valence-corrected chi connectivity index (χ3v) is 3.06. The first-order chi connectivity index (χ1) is 7.77. The van der Waals surface area contributed by atoms with E-state index in [1.807, 2.05) is 0 Å². The van der Waals surface area contributed by atoms with Crippen LogP contribution in [0.15, 0.2) is 24.3 Å². The molecule has 1 aromatic carbocycles. The number of nitrogens with one attached hydrogen (secondary N) is 1.